The van der Waals surface area contributed by atoms with Gasteiger partial charge in [0.25, 0.3) is 0 Å². The van der Waals surface area contributed by atoms with Gasteiger partial charge in [-0.2, -0.15) is 0 Å². The first-order chi connectivity index (χ1) is 7.98. The molecule has 4 nitrogen and oxygen atoms in total. The Labute approximate surface area is 104 Å². The summed E-state index contributed by atoms with van der Waals surface area (Å²) in [5.41, 5.74) is 5.59. The maximum absolute atomic E-state index is 11.9. The second kappa shape index (κ2) is 6.50. The highest BCUT2D eigenvalue weighted by atomic mass is 32.2. The molecule has 0 radical (unpaired) electrons. The zero-order valence-corrected chi connectivity index (χ0v) is 11.3. The Morgan fingerprint density at radius 1 is 1.24 bits per heavy atom. The van der Waals surface area contributed by atoms with E-state index in [1.54, 1.807) is 6.92 Å². The van der Waals surface area contributed by atoms with Crippen molar-refractivity contribution in [1.29, 1.82) is 0 Å². The van der Waals surface area contributed by atoms with Crippen LogP contribution < -0.4 is 5.73 Å². The summed E-state index contributed by atoms with van der Waals surface area (Å²) in [6.45, 7) is 2.32. The van der Waals surface area contributed by atoms with E-state index in [9.17, 15) is 13.2 Å². The molecule has 1 aliphatic rings. The lowest BCUT2D eigenvalue weighted by Gasteiger charge is -2.26. The van der Waals surface area contributed by atoms with Crippen molar-refractivity contribution in [3.63, 3.8) is 0 Å². The van der Waals surface area contributed by atoms with Gasteiger partial charge in [0.1, 0.15) is 15.6 Å². The molecular formula is C12H23NO3S. The maximum Gasteiger partial charge on any atom is 0.150 e. The molecule has 0 saturated heterocycles. The number of carbonyl (C=O) groups excluding carboxylic acids is 1. The van der Waals surface area contributed by atoms with Crippen LogP contribution >= 0.6 is 0 Å². The van der Waals surface area contributed by atoms with Crippen molar-refractivity contribution in [2.24, 2.45) is 17.6 Å². The Morgan fingerprint density at radius 3 is 2.29 bits per heavy atom. The lowest BCUT2D eigenvalue weighted by atomic mass is 9.79. The molecule has 0 bridgehead atoms. The first-order valence-electron chi connectivity index (χ1n) is 6.41. The average Bonchev–Trinajstić information content (AvgIpc) is 2.36. The molecular weight excluding hydrogens is 238 g/mol. The Hall–Kier alpha value is -0.420. The van der Waals surface area contributed by atoms with Crippen LogP contribution in [0.15, 0.2) is 0 Å². The average molecular weight is 261 g/mol. The van der Waals surface area contributed by atoms with Crippen LogP contribution in [0.3, 0.4) is 0 Å². The van der Waals surface area contributed by atoms with Gasteiger partial charge in [0.15, 0.2) is 0 Å². The van der Waals surface area contributed by atoms with Crippen molar-refractivity contribution in [3.05, 3.63) is 0 Å². The van der Waals surface area contributed by atoms with Crippen molar-refractivity contribution < 1.29 is 13.2 Å². The second-order valence-corrected chi connectivity index (χ2v) is 7.38. The summed E-state index contributed by atoms with van der Waals surface area (Å²) < 4.78 is 22.6. The summed E-state index contributed by atoms with van der Waals surface area (Å²) in [6, 6.07) is 0. The van der Waals surface area contributed by atoms with E-state index in [0.717, 1.165) is 25.7 Å². The predicted octanol–water partition coefficient (Wildman–Crippen LogP) is 1.15. The van der Waals surface area contributed by atoms with Gasteiger partial charge in [0.2, 0.25) is 0 Å². The Bertz CT molecular complexity index is 343. The summed E-state index contributed by atoms with van der Waals surface area (Å²) in [6.07, 6.45) is 3.97. The lowest BCUT2D eigenvalue weighted by Crippen LogP contribution is -2.27. The fraction of sp³-hybridized carbons (Fsp3) is 0.917. The molecule has 0 aliphatic heterocycles. The number of hydrogen-bond acceptors (Lipinski definition) is 4. The van der Waals surface area contributed by atoms with E-state index in [-0.39, 0.29) is 29.6 Å². The van der Waals surface area contributed by atoms with Crippen molar-refractivity contribution in [3.8, 4) is 0 Å². The van der Waals surface area contributed by atoms with Crippen LogP contribution in [-0.2, 0) is 14.6 Å². The van der Waals surface area contributed by atoms with Crippen molar-refractivity contribution in [1.82, 2.24) is 0 Å². The molecule has 1 aliphatic carbocycles. The topological polar surface area (TPSA) is 77.2 Å². The van der Waals surface area contributed by atoms with Gasteiger partial charge in [-0.3, -0.25) is 4.79 Å². The minimum Gasteiger partial charge on any atom is -0.330 e. The monoisotopic (exact) mass is 261 g/mol. The zero-order valence-electron chi connectivity index (χ0n) is 10.5. The molecule has 17 heavy (non-hydrogen) atoms. The summed E-state index contributed by atoms with van der Waals surface area (Å²) in [5, 5.41) is 0. The normalized spacial score (nSPS) is 25.8. The lowest BCUT2D eigenvalue weighted by molar-refractivity contribution is -0.123. The Morgan fingerprint density at radius 2 is 1.82 bits per heavy atom. The molecule has 0 heterocycles. The van der Waals surface area contributed by atoms with Gasteiger partial charge in [0.05, 0.1) is 5.75 Å². The molecule has 1 saturated carbocycles. The van der Waals surface area contributed by atoms with Crippen LogP contribution in [0.1, 0.15) is 39.0 Å². The van der Waals surface area contributed by atoms with E-state index in [0.29, 0.717) is 12.5 Å². The summed E-state index contributed by atoms with van der Waals surface area (Å²) in [5.74, 6) is 0.889. The summed E-state index contributed by atoms with van der Waals surface area (Å²) in [4.78, 5) is 11.9. The van der Waals surface area contributed by atoms with Gasteiger partial charge >= 0.3 is 0 Å². The van der Waals surface area contributed by atoms with Gasteiger partial charge < -0.3 is 5.73 Å². The third-order valence-electron chi connectivity index (χ3n) is 3.73. The highest BCUT2D eigenvalue weighted by Crippen LogP contribution is 2.29. The molecule has 0 atom stereocenters. The maximum atomic E-state index is 11.9. The molecule has 0 aromatic carbocycles. The van der Waals surface area contributed by atoms with E-state index in [1.807, 2.05) is 0 Å². The molecule has 100 valence electrons. The molecule has 1 rings (SSSR count). The van der Waals surface area contributed by atoms with E-state index in [2.05, 4.69) is 0 Å². The van der Waals surface area contributed by atoms with E-state index in [1.165, 1.54) is 0 Å². The van der Waals surface area contributed by atoms with Crippen molar-refractivity contribution in [2.75, 3.05) is 18.1 Å². The van der Waals surface area contributed by atoms with Crippen LogP contribution in [0.2, 0.25) is 0 Å². The third-order valence-corrected chi connectivity index (χ3v) is 5.44. The predicted molar refractivity (Wildman–Crippen MR) is 68.5 cm³/mol. The van der Waals surface area contributed by atoms with Crippen LogP contribution in [-0.4, -0.2) is 32.3 Å². The number of ketones is 1. The van der Waals surface area contributed by atoms with Crippen molar-refractivity contribution >= 4 is 15.6 Å². The molecule has 2 N–H and O–H groups in total. The second-order valence-electron chi connectivity index (χ2n) is 4.91. The molecule has 0 spiro atoms. The minimum absolute atomic E-state index is 0.0130. The molecule has 5 heteroatoms. The van der Waals surface area contributed by atoms with Gasteiger partial charge in [-0.15, -0.1) is 0 Å². The number of rotatable bonds is 6. The number of Topliss-reactive ketones (excluding diaryl/α,β-unsaturated/α-hetero) is 1. The Kier molecular flexibility index (Phi) is 5.59. The minimum atomic E-state index is -3.01. The molecule has 0 aromatic heterocycles. The van der Waals surface area contributed by atoms with Gasteiger partial charge in [-0.05, 0) is 38.1 Å². The first kappa shape index (κ1) is 14.6. The highest BCUT2D eigenvalue weighted by Gasteiger charge is 2.26. The molecule has 0 amide bonds. The number of hydrogen-bond donors (Lipinski definition) is 1. The fourth-order valence-corrected chi connectivity index (χ4v) is 3.13. The van der Waals surface area contributed by atoms with Crippen LogP contribution in [0, 0.1) is 11.8 Å². The van der Waals surface area contributed by atoms with Gasteiger partial charge in [0, 0.05) is 18.1 Å². The van der Waals surface area contributed by atoms with Crippen LogP contribution in [0.4, 0.5) is 0 Å². The number of sulfone groups is 1. The van der Waals surface area contributed by atoms with Gasteiger partial charge in [-0.25, -0.2) is 8.42 Å². The fourth-order valence-electron chi connectivity index (χ4n) is 2.32. The van der Waals surface area contributed by atoms with Crippen LogP contribution in [0.25, 0.3) is 0 Å². The molecule has 1 fully saturated rings. The molecule has 0 aromatic rings. The smallest absolute Gasteiger partial charge is 0.150 e. The summed E-state index contributed by atoms with van der Waals surface area (Å²) >= 11 is 0. The number of nitrogens with two attached hydrogens (primary N) is 1. The SMILES string of the molecule is CCS(=O)(=O)CCC(=O)C1CCC(CN)CC1. The van der Waals surface area contributed by atoms with E-state index in [4.69, 9.17) is 5.73 Å². The van der Waals surface area contributed by atoms with Gasteiger partial charge in [-0.1, -0.05) is 6.92 Å². The third kappa shape index (κ3) is 4.76. The van der Waals surface area contributed by atoms with E-state index < -0.39 is 9.84 Å². The first-order valence-corrected chi connectivity index (χ1v) is 8.24. The zero-order chi connectivity index (χ0) is 12.9. The van der Waals surface area contributed by atoms with Crippen molar-refractivity contribution in [2.45, 2.75) is 39.0 Å². The van der Waals surface area contributed by atoms with Crippen LogP contribution in [0.5, 0.6) is 0 Å². The van der Waals surface area contributed by atoms with E-state index >= 15 is 0 Å². The number of carbonyl (C=O) groups is 1. The Balaban J connectivity index is 2.35. The quantitative estimate of drug-likeness (QED) is 0.778. The summed E-state index contributed by atoms with van der Waals surface area (Å²) in [7, 11) is -3.01. The largest absolute Gasteiger partial charge is 0.330 e. The molecule has 0 unspecified atom stereocenters. The highest BCUT2D eigenvalue weighted by molar-refractivity contribution is 7.91. The standard InChI is InChI=1S/C12H23NO3S/c1-2-17(15,16)8-7-12(14)11-5-3-10(9-13)4-6-11/h10-11H,2-9,13H2,1H3.